The van der Waals surface area contributed by atoms with Crippen LogP contribution in [0.3, 0.4) is 0 Å². The standard InChI is InChI=1S/C22H20ClN3O/c1-13-19-17-5-3-4-6-18(17)20(14-7-9-16(23)10-8-14)25-22(21(19)26-27-13)11-15(22)12-24-2/h3-10,15,24H,11-12H2,1-2H3. The first-order chi connectivity index (χ1) is 13.1. The van der Waals surface area contributed by atoms with Crippen molar-refractivity contribution in [3.8, 4) is 11.1 Å². The minimum Gasteiger partial charge on any atom is -0.361 e. The van der Waals surface area contributed by atoms with E-state index >= 15 is 0 Å². The summed E-state index contributed by atoms with van der Waals surface area (Å²) in [5, 5.41) is 8.50. The summed E-state index contributed by atoms with van der Waals surface area (Å²) in [4.78, 5) is 5.33. The third kappa shape index (κ3) is 2.47. The highest BCUT2D eigenvalue weighted by atomic mass is 35.5. The van der Waals surface area contributed by atoms with E-state index in [1.807, 2.05) is 38.2 Å². The molecule has 5 rings (SSSR count). The van der Waals surface area contributed by atoms with Gasteiger partial charge in [0.05, 0.1) is 11.3 Å². The third-order valence-corrected chi connectivity index (χ3v) is 5.93. The van der Waals surface area contributed by atoms with Crippen LogP contribution in [0.4, 0.5) is 0 Å². The molecule has 27 heavy (non-hydrogen) atoms. The number of hydrogen-bond acceptors (Lipinski definition) is 4. The molecule has 1 aliphatic heterocycles. The maximum Gasteiger partial charge on any atom is 0.141 e. The van der Waals surface area contributed by atoms with Gasteiger partial charge in [-0.25, -0.2) is 0 Å². The second kappa shape index (κ2) is 6.04. The fraction of sp³-hybridized carbons (Fsp3) is 0.273. The second-order valence-corrected chi connectivity index (χ2v) is 7.79. The van der Waals surface area contributed by atoms with E-state index in [1.54, 1.807) is 0 Å². The predicted molar refractivity (Wildman–Crippen MR) is 107 cm³/mol. The second-order valence-electron chi connectivity index (χ2n) is 7.36. The first-order valence-corrected chi connectivity index (χ1v) is 9.59. The third-order valence-electron chi connectivity index (χ3n) is 5.68. The molecule has 1 saturated carbocycles. The lowest BCUT2D eigenvalue weighted by Crippen LogP contribution is -2.18. The molecule has 1 aliphatic carbocycles. The molecular formula is C22H20ClN3O. The number of aromatic nitrogens is 1. The summed E-state index contributed by atoms with van der Waals surface area (Å²) in [6.45, 7) is 2.89. The average Bonchev–Trinajstić information content (AvgIpc) is 3.26. The van der Waals surface area contributed by atoms with Gasteiger partial charge >= 0.3 is 0 Å². The summed E-state index contributed by atoms with van der Waals surface area (Å²) in [6.07, 6.45) is 0.970. The first kappa shape index (κ1) is 16.7. The van der Waals surface area contributed by atoms with Gasteiger partial charge in [0.2, 0.25) is 0 Å². The molecule has 1 fully saturated rings. The van der Waals surface area contributed by atoms with Crippen LogP contribution in [0.25, 0.3) is 11.1 Å². The van der Waals surface area contributed by atoms with E-state index in [0.29, 0.717) is 5.92 Å². The summed E-state index contributed by atoms with van der Waals surface area (Å²) in [7, 11) is 1.98. The van der Waals surface area contributed by atoms with Crippen LogP contribution in [0, 0.1) is 12.8 Å². The SMILES string of the molecule is CNCC1CC12N=C(c1ccc(Cl)cc1)c1ccccc1-c1c2noc1C. The molecule has 0 amide bonds. The molecule has 1 spiro atoms. The lowest BCUT2D eigenvalue weighted by Gasteiger charge is -2.12. The minimum absolute atomic E-state index is 0.329. The van der Waals surface area contributed by atoms with Gasteiger partial charge in [-0.1, -0.05) is 53.2 Å². The van der Waals surface area contributed by atoms with E-state index in [-0.39, 0.29) is 5.54 Å². The number of aryl methyl sites for hydroxylation is 1. The molecule has 2 aromatic carbocycles. The summed E-state index contributed by atoms with van der Waals surface area (Å²) in [5.74, 6) is 1.25. The molecule has 3 aromatic rings. The van der Waals surface area contributed by atoms with Gasteiger partial charge in [0.1, 0.15) is 17.0 Å². The Labute approximate surface area is 163 Å². The van der Waals surface area contributed by atoms with Crippen LogP contribution in [0.2, 0.25) is 5.02 Å². The predicted octanol–water partition coefficient (Wildman–Crippen LogP) is 4.59. The molecule has 1 aromatic heterocycles. The van der Waals surface area contributed by atoms with Crippen LogP contribution in [-0.4, -0.2) is 24.5 Å². The smallest absolute Gasteiger partial charge is 0.141 e. The zero-order valence-corrected chi connectivity index (χ0v) is 16.0. The minimum atomic E-state index is -0.329. The highest BCUT2D eigenvalue weighted by Gasteiger charge is 2.59. The summed E-state index contributed by atoms with van der Waals surface area (Å²) < 4.78 is 5.63. The monoisotopic (exact) mass is 377 g/mol. The number of halogens is 1. The van der Waals surface area contributed by atoms with Crippen molar-refractivity contribution < 1.29 is 4.52 Å². The van der Waals surface area contributed by atoms with Crippen LogP contribution in [0.15, 0.2) is 58.0 Å². The molecule has 136 valence electrons. The van der Waals surface area contributed by atoms with E-state index < -0.39 is 0 Å². The molecule has 1 N–H and O–H groups in total. The number of nitrogens with one attached hydrogen (secondary N) is 1. The van der Waals surface area contributed by atoms with Crippen LogP contribution < -0.4 is 5.32 Å². The van der Waals surface area contributed by atoms with Gasteiger partial charge in [-0.05, 0) is 38.1 Å². The van der Waals surface area contributed by atoms with Crippen molar-refractivity contribution in [3.05, 3.63) is 76.1 Å². The zero-order chi connectivity index (χ0) is 18.6. The lowest BCUT2D eigenvalue weighted by atomic mass is 9.92. The molecule has 0 bridgehead atoms. The molecule has 4 nitrogen and oxygen atoms in total. The maximum atomic E-state index is 6.12. The number of hydrogen-bond donors (Lipinski definition) is 1. The summed E-state index contributed by atoms with van der Waals surface area (Å²) in [6, 6.07) is 16.3. The Morgan fingerprint density at radius 3 is 2.63 bits per heavy atom. The molecular weight excluding hydrogens is 358 g/mol. The van der Waals surface area contributed by atoms with Gasteiger partial charge in [0.25, 0.3) is 0 Å². The van der Waals surface area contributed by atoms with E-state index in [2.05, 4.69) is 34.7 Å². The van der Waals surface area contributed by atoms with E-state index in [0.717, 1.165) is 57.4 Å². The number of fused-ring (bicyclic) bond motifs is 4. The van der Waals surface area contributed by atoms with Gasteiger partial charge in [-0.15, -0.1) is 0 Å². The van der Waals surface area contributed by atoms with Crippen molar-refractivity contribution in [2.45, 2.75) is 18.9 Å². The Hall–Kier alpha value is -2.43. The quantitative estimate of drug-likeness (QED) is 0.726. The van der Waals surface area contributed by atoms with Crippen molar-refractivity contribution >= 4 is 17.3 Å². The Morgan fingerprint density at radius 2 is 1.89 bits per heavy atom. The van der Waals surface area contributed by atoms with Crippen LogP contribution in [-0.2, 0) is 5.54 Å². The molecule has 2 heterocycles. The topological polar surface area (TPSA) is 50.4 Å². The first-order valence-electron chi connectivity index (χ1n) is 9.21. The number of aliphatic imine (C=N–C) groups is 1. The molecule has 2 unspecified atom stereocenters. The van der Waals surface area contributed by atoms with Crippen LogP contribution in [0.5, 0.6) is 0 Å². The van der Waals surface area contributed by atoms with Crippen LogP contribution >= 0.6 is 11.6 Å². The fourth-order valence-electron chi connectivity index (χ4n) is 4.26. The Balaban J connectivity index is 1.79. The average molecular weight is 378 g/mol. The molecule has 0 saturated heterocycles. The molecule has 0 radical (unpaired) electrons. The number of nitrogens with zero attached hydrogens (tertiary/aromatic N) is 2. The van der Waals surface area contributed by atoms with Gasteiger partial charge < -0.3 is 9.84 Å². The van der Waals surface area contributed by atoms with Crippen LogP contribution in [0.1, 0.15) is 29.0 Å². The largest absolute Gasteiger partial charge is 0.361 e. The Morgan fingerprint density at radius 1 is 1.15 bits per heavy atom. The molecule has 2 atom stereocenters. The van der Waals surface area contributed by atoms with Crippen molar-refractivity contribution in [1.29, 1.82) is 0 Å². The highest BCUT2D eigenvalue weighted by Crippen LogP contribution is 2.59. The maximum absolute atomic E-state index is 6.12. The number of rotatable bonds is 3. The van der Waals surface area contributed by atoms with Crippen molar-refractivity contribution in [2.75, 3.05) is 13.6 Å². The molecule has 5 heteroatoms. The highest BCUT2D eigenvalue weighted by molar-refractivity contribution is 6.30. The summed E-state index contributed by atoms with van der Waals surface area (Å²) in [5.41, 5.74) is 6.05. The molecule has 2 aliphatic rings. The van der Waals surface area contributed by atoms with Gasteiger partial charge in [-0.3, -0.25) is 4.99 Å². The zero-order valence-electron chi connectivity index (χ0n) is 15.3. The lowest BCUT2D eigenvalue weighted by molar-refractivity contribution is 0.381. The van der Waals surface area contributed by atoms with Crippen molar-refractivity contribution in [1.82, 2.24) is 10.5 Å². The van der Waals surface area contributed by atoms with E-state index in [1.165, 1.54) is 0 Å². The summed E-state index contributed by atoms with van der Waals surface area (Å²) >= 11 is 6.12. The van der Waals surface area contributed by atoms with E-state index in [4.69, 9.17) is 21.1 Å². The van der Waals surface area contributed by atoms with Gasteiger partial charge in [0.15, 0.2) is 0 Å². The Bertz CT molecular complexity index is 1050. The van der Waals surface area contributed by atoms with Gasteiger partial charge in [-0.2, -0.15) is 0 Å². The van der Waals surface area contributed by atoms with Crippen molar-refractivity contribution in [2.24, 2.45) is 10.9 Å². The fourth-order valence-corrected chi connectivity index (χ4v) is 4.39. The number of benzene rings is 2. The van der Waals surface area contributed by atoms with Gasteiger partial charge in [0, 0.05) is 28.6 Å². The Kier molecular flexibility index (Phi) is 3.74. The van der Waals surface area contributed by atoms with E-state index in [9.17, 15) is 0 Å². The van der Waals surface area contributed by atoms with Crippen molar-refractivity contribution in [3.63, 3.8) is 0 Å². The normalized spacial score (nSPS) is 22.8.